The van der Waals surface area contributed by atoms with Crippen LogP contribution in [-0.2, 0) is 0 Å². The molecule has 86 valence electrons. The number of carbonyl (C=O) groups excluding carboxylic acids is 1. The number of hydrazine groups is 1. The third kappa shape index (κ3) is 2.61. The second-order valence-electron chi connectivity index (χ2n) is 3.37. The molecular weight excluding hydrogens is 238 g/mol. The molecule has 4 nitrogen and oxygen atoms in total. The number of amides is 1. The van der Waals surface area contributed by atoms with E-state index in [0.717, 1.165) is 5.01 Å². The fraction of sp³-hybridized carbons (Fsp3) is 0. The lowest BCUT2D eigenvalue weighted by Crippen LogP contribution is -2.37. The molecule has 0 spiro atoms. The van der Waals surface area contributed by atoms with E-state index >= 15 is 0 Å². The minimum atomic E-state index is -0.382. The molecule has 0 saturated heterocycles. The molecule has 0 aliphatic heterocycles. The summed E-state index contributed by atoms with van der Waals surface area (Å²) in [6, 6.07) is 11.8. The Balaban J connectivity index is 2.27. The highest BCUT2D eigenvalue weighted by molar-refractivity contribution is 6.31. The lowest BCUT2D eigenvalue weighted by atomic mass is 10.3. The van der Waals surface area contributed by atoms with Gasteiger partial charge in [0.25, 0.3) is 5.91 Å². The summed E-state index contributed by atoms with van der Waals surface area (Å²) in [4.78, 5) is 15.9. The summed E-state index contributed by atoms with van der Waals surface area (Å²) >= 11 is 5.83. The van der Waals surface area contributed by atoms with E-state index in [1.54, 1.807) is 48.7 Å². The maximum Gasteiger partial charge on any atom is 0.291 e. The van der Waals surface area contributed by atoms with Crippen LogP contribution in [0, 0.1) is 0 Å². The van der Waals surface area contributed by atoms with Crippen molar-refractivity contribution in [1.29, 1.82) is 0 Å². The van der Waals surface area contributed by atoms with Gasteiger partial charge in [0, 0.05) is 11.2 Å². The number of pyridine rings is 1. The van der Waals surface area contributed by atoms with Gasteiger partial charge in [-0.25, -0.2) is 10.9 Å². The van der Waals surface area contributed by atoms with E-state index in [2.05, 4.69) is 4.98 Å². The predicted molar refractivity (Wildman–Crippen MR) is 66.7 cm³/mol. The molecule has 0 radical (unpaired) electrons. The first kappa shape index (κ1) is 11.6. The van der Waals surface area contributed by atoms with E-state index in [9.17, 15) is 4.79 Å². The summed E-state index contributed by atoms with van der Waals surface area (Å²) in [5.41, 5.74) is 0.808. The van der Waals surface area contributed by atoms with E-state index in [-0.39, 0.29) is 11.6 Å². The van der Waals surface area contributed by atoms with Crippen LogP contribution in [0.2, 0.25) is 5.02 Å². The monoisotopic (exact) mass is 247 g/mol. The van der Waals surface area contributed by atoms with E-state index in [4.69, 9.17) is 17.4 Å². The van der Waals surface area contributed by atoms with Gasteiger partial charge in [0.2, 0.25) is 0 Å². The fourth-order valence-corrected chi connectivity index (χ4v) is 1.54. The summed E-state index contributed by atoms with van der Waals surface area (Å²) in [6.45, 7) is 0. The van der Waals surface area contributed by atoms with Crippen LogP contribution in [0.15, 0.2) is 48.7 Å². The minimum absolute atomic E-state index is 0.287. The molecule has 1 aromatic carbocycles. The second-order valence-corrected chi connectivity index (χ2v) is 3.81. The zero-order valence-electron chi connectivity index (χ0n) is 8.88. The Bertz CT molecular complexity index is 530. The number of benzene rings is 1. The van der Waals surface area contributed by atoms with Crippen molar-refractivity contribution in [2.24, 2.45) is 5.84 Å². The third-order valence-electron chi connectivity index (χ3n) is 2.19. The zero-order chi connectivity index (χ0) is 12.3. The van der Waals surface area contributed by atoms with Crippen molar-refractivity contribution in [1.82, 2.24) is 4.98 Å². The smallest absolute Gasteiger partial charge is 0.265 e. The number of nitrogens with two attached hydrogens (primary N) is 1. The van der Waals surface area contributed by atoms with Gasteiger partial charge in [-0.3, -0.25) is 9.78 Å². The molecular formula is C12H10ClN3O. The molecule has 0 aliphatic carbocycles. The van der Waals surface area contributed by atoms with Gasteiger partial charge < -0.3 is 0 Å². The number of anilines is 1. The summed E-state index contributed by atoms with van der Waals surface area (Å²) in [5.74, 6) is 5.34. The molecule has 1 amide bonds. The highest BCUT2D eigenvalue weighted by Crippen LogP contribution is 2.18. The van der Waals surface area contributed by atoms with E-state index in [1.165, 1.54) is 0 Å². The van der Waals surface area contributed by atoms with Gasteiger partial charge in [-0.05, 0) is 30.3 Å². The average Bonchev–Trinajstić information content (AvgIpc) is 2.38. The second kappa shape index (κ2) is 4.95. The SMILES string of the molecule is NN(C(=O)c1ccccn1)c1cccc(Cl)c1. The molecule has 0 fully saturated rings. The lowest BCUT2D eigenvalue weighted by molar-refractivity contribution is 0.0982. The normalized spacial score (nSPS) is 10.0. The highest BCUT2D eigenvalue weighted by Gasteiger charge is 2.15. The van der Waals surface area contributed by atoms with Crippen molar-refractivity contribution < 1.29 is 4.79 Å². The Morgan fingerprint density at radius 2 is 2.06 bits per heavy atom. The van der Waals surface area contributed by atoms with Crippen molar-refractivity contribution in [2.45, 2.75) is 0 Å². The van der Waals surface area contributed by atoms with Gasteiger partial charge in [-0.15, -0.1) is 0 Å². The molecule has 0 bridgehead atoms. The maximum atomic E-state index is 12.0. The first-order valence-electron chi connectivity index (χ1n) is 4.94. The van der Waals surface area contributed by atoms with Crippen LogP contribution in [0.4, 0.5) is 5.69 Å². The van der Waals surface area contributed by atoms with Crippen molar-refractivity contribution >= 4 is 23.2 Å². The minimum Gasteiger partial charge on any atom is -0.265 e. The number of rotatable bonds is 2. The number of carbonyl (C=O) groups is 1. The summed E-state index contributed by atoms with van der Waals surface area (Å²) in [6.07, 6.45) is 1.54. The number of halogens is 1. The third-order valence-corrected chi connectivity index (χ3v) is 2.42. The Hall–Kier alpha value is -1.91. The van der Waals surface area contributed by atoms with Gasteiger partial charge in [-0.2, -0.15) is 0 Å². The van der Waals surface area contributed by atoms with Gasteiger partial charge in [0.15, 0.2) is 0 Å². The van der Waals surface area contributed by atoms with Crippen LogP contribution in [0.3, 0.4) is 0 Å². The highest BCUT2D eigenvalue weighted by atomic mass is 35.5. The zero-order valence-corrected chi connectivity index (χ0v) is 9.63. The van der Waals surface area contributed by atoms with E-state index < -0.39 is 0 Å². The van der Waals surface area contributed by atoms with Crippen LogP contribution in [0.1, 0.15) is 10.5 Å². The molecule has 2 rings (SSSR count). The summed E-state index contributed by atoms with van der Waals surface area (Å²) in [7, 11) is 0. The Morgan fingerprint density at radius 3 is 2.71 bits per heavy atom. The molecule has 0 aliphatic rings. The predicted octanol–water partition coefficient (Wildman–Crippen LogP) is 2.26. The van der Waals surface area contributed by atoms with Crippen molar-refractivity contribution in [3.63, 3.8) is 0 Å². The van der Waals surface area contributed by atoms with Gasteiger partial charge in [-0.1, -0.05) is 23.7 Å². The molecule has 2 N–H and O–H groups in total. The van der Waals surface area contributed by atoms with Crippen molar-refractivity contribution in [2.75, 3.05) is 5.01 Å². The van der Waals surface area contributed by atoms with Crippen LogP contribution in [0.25, 0.3) is 0 Å². The molecule has 5 heteroatoms. The standard InChI is InChI=1S/C12H10ClN3O/c13-9-4-3-5-10(8-9)16(14)12(17)11-6-1-2-7-15-11/h1-8H,14H2. The molecule has 0 atom stereocenters. The number of nitrogens with zero attached hydrogens (tertiary/aromatic N) is 2. The molecule has 1 aromatic heterocycles. The first-order chi connectivity index (χ1) is 8.18. The fourth-order valence-electron chi connectivity index (χ4n) is 1.36. The lowest BCUT2D eigenvalue weighted by Gasteiger charge is -2.16. The molecule has 0 unspecified atom stereocenters. The van der Waals surface area contributed by atoms with Crippen LogP contribution < -0.4 is 10.9 Å². The summed E-state index contributed by atoms with van der Waals surface area (Å²) < 4.78 is 0. The number of aromatic nitrogens is 1. The first-order valence-corrected chi connectivity index (χ1v) is 5.32. The topological polar surface area (TPSA) is 59.2 Å². The average molecular weight is 248 g/mol. The van der Waals surface area contributed by atoms with E-state index in [0.29, 0.717) is 10.7 Å². The molecule has 2 aromatic rings. The largest absolute Gasteiger partial charge is 0.291 e. The Labute approximate surface area is 104 Å². The van der Waals surface area contributed by atoms with Crippen LogP contribution >= 0.6 is 11.6 Å². The molecule has 0 saturated carbocycles. The number of hydrogen-bond acceptors (Lipinski definition) is 3. The van der Waals surface area contributed by atoms with Crippen molar-refractivity contribution in [3.05, 3.63) is 59.4 Å². The van der Waals surface area contributed by atoms with E-state index in [1.807, 2.05) is 0 Å². The van der Waals surface area contributed by atoms with Gasteiger partial charge >= 0.3 is 0 Å². The molecule has 17 heavy (non-hydrogen) atoms. The van der Waals surface area contributed by atoms with Crippen molar-refractivity contribution in [3.8, 4) is 0 Å². The van der Waals surface area contributed by atoms with Gasteiger partial charge in [0.05, 0.1) is 5.69 Å². The molecule has 1 heterocycles. The maximum absolute atomic E-state index is 12.0. The number of hydrogen-bond donors (Lipinski definition) is 1. The van der Waals surface area contributed by atoms with Gasteiger partial charge in [0.1, 0.15) is 5.69 Å². The summed E-state index contributed by atoms with van der Waals surface area (Å²) in [5, 5.41) is 1.54. The van der Waals surface area contributed by atoms with Crippen LogP contribution in [0.5, 0.6) is 0 Å². The quantitative estimate of drug-likeness (QED) is 0.503. The van der Waals surface area contributed by atoms with Crippen LogP contribution in [-0.4, -0.2) is 10.9 Å². The Morgan fingerprint density at radius 1 is 1.24 bits per heavy atom. The Kier molecular flexibility index (Phi) is 3.37.